The number of nitrogens with zero attached hydrogens (tertiary/aromatic N) is 3. The Kier molecular flexibility index (Phi) is 4.00. The molecule has 0 bridgehead atoms. The Bertz CT molecular complexity index is 660. The summed E-state index contributed by atoms with van der Waals surface area (Å²) in [5, 5.41) is 6.86. The van der Waals surface area contributed by atoms with E-state index in [0.717, 1.165) is 30.2 Å². The number of benzene rings is 1. The minimum atomic E-state index is -0.00496. The first kappa shape index (κ1) is 14.4. The average molecular weight is 300 g/mol. The van der Waals surface area contributed by atoms with E-state index in [0.29, 0.717) is 18.8 Å². The van der Waals surface area contributed by atoms with Crippen molar-refractivity contribution in [2.24, 2.45) is 0 Å². The Labute approximate surface area is 129 Å². The number of hydrogen-bond donors (Lipinski definition) is 1. The maximum atomic E-state index is 12.4. The van der Waals surface area contributed by atoms with E-state index in [1.54, 1.807) is 13.2 Å². The topological polar surface area (TPSA) is 61.5 Å². The van der Waals surface area contributed by atoms with Gasteiger partial charge in [-0.05, 0) is 25.1 Å². The highest BCUT2D eigenvalue weighted by Crippen LogP contribution is 2.22. The molecular formula is C16H20N4O2. The van der Waals surface area contributed by atoms with E-state index >= 15 is 0 Å². The molecule has 0 atom stereocenters. The second kappa shape index (κ2) is 6.09. The first-order valence-corrected chi connectivity index (χ1v) is 7.37. The number of carbonyl (C=O) groups is 1. The van der Waals surface area contributed by atoms with Crippen molar-refractivity contribution >= 4 is 11.6 Å². The standard InChI is InChI=1S/C16H20N4O2/c1-12-10-15(18-17-12)16(21)20-8-6-19(7-9-20)13-4-3-5-14(11-13)22-2/h3-5,10-11H,6-9H2,1-2H3,(H,17,18). The predicted molar refractivity (Wildman–Crippen MR) is 84.4 cm³/mol. The molecule has 6 nitrogen and oxygen atoms in total. The summed E-state index contributed by atoms with van der Waals surface area (Å²) < 4.78 is 5.26. The number of piperazine rings is 1. The Morgan fingerprint density at radius 1 is 1.23 bits per heavy atom. The molecule has 1 aliphatic heterocycles. The Morgan fingerprint density at radius 3 is 2.64 bits per heavy atom. The van der Waals surface area contributed by atoms with Crippen LogP contribution in [0.1, 0.15) is 16.2 Å². The minimum Gasteiger partial charge on any atom is -0.497 e. The van der Waals surface area contributed by atoms with Gasteiger partial charge in [-0.2, -0.15) is 5.10 Å². The zero-order valence-corrected chi connectivity index (χ0v) is 12.9. The fourth-order valence-corrected chi connectivity index (χ4v) is 2.66. The van der Waals surface area contributed by atoms with Crippen LogP contribution in [0.5, 0.6) is 5.75 Å². The summed E-state index contributed by atoms with van der Waals surface area (Å²) in [6.45, 7) is 4.90. The summed E-state index contributed by atoms with van der Waals surface area (Å²) in [5.74, 6) is 0.845. The van der Waals surface area contributed by atoms with Crippen molar-refractivity contribution in [1.82, 2.24) is 15.1 Å². The van der Waals surface area contributed by atoms with Gasteiger partial charge in [0.15, 0.2) is 0 Å². The summed E-state index contributed by atoms with van der Waals surface area (Å²) in [6, 6.07) is 9.80. The van der Waals surface area contributed by atoms with E-state index in [1.165, 1.54) is 0 Å². The normalized spacial score (nSPS) is 15.0. The van der Waals surface area contributed by atoms with E-state index < -0.39 is 0 Å². The molecular weight excluding hydrogens is 280 g/mol. The molecule has 22 heavy (non-hydrogen) atoms. The van der Waals surface area contributed by atoms with Gasteiger partial charge in [0, 0.05) is 43.6 Å². The second-order valence-electron chi connectivity index (χ2n) is 5.42. The third-order valence-electron chi connectivity index (χ3n) is 3.91. The van der Waals surface area contributed by atoms with Gasteiger partial charge in [0.25, 0.3) is 5.91 Å². The smallest absolute Gasteiger partial charge is 0.274 e. The van der Waals surface area contributed by atoms with Crippen molar-refractivity contribution < 1.29 is 9.53 Å². The van der Waals surface area contributed by atoms with Crippen molar-refractivity contribution in [3.05, 3.63) is 41.7 Å². The zero-order chi connectivity index (χ0) is 15.5. The summed E-state index contributed by atoms with van der Waals surface area (Å²) in [6.07, 6.45) is 0. The molecule has 1 amide bonds. The molecule has 2 aromatic rings. The molecule has 1 saturated heterocycles. The van der Waals surface area contributed by atoms with Crippen LogP contribution < -0.4 is 9.64 Å². The number of ether oxygens (including phenoxy) is 1. The minimum absolute atomic E-state index is 0.00496. The van der Waals surface area contributed by atoms with Crippen LogP contribution >= 0.6 is 0 Å². The van der Waals surface area contributed by atoms with Crippen molar-refractivity contribution in [1.29, 1.82) is 0 Å². The number of carbonyl (C=O) groups excluding carboxylic acids is 1. The lowest BCUT2D eigenvalue weighted by Crippen LogP contribution is -2.48. The molecule has 1 aliphatic rings. The molecule has 0 saturated carbocycles. The van der Waals surface area contributed by atoms with Crippen LogP contribution in [0.2, 0.25) is 0 Å². The largest absolute Gasteiger partial charge is 0.497 e. The van der Waals surface area contributed by atoms with Crippen LogP contribution in [0.4, 0.5) is 5.69 Å². The van der Waals surface area contributed by atoms with E-state index in [2.05, 4.69) is 21.2 Å². The van der Waals surface area contributed by atoms with Gasteiger partial charge in [-0.1, -0.05) is 6.07 Å². The van der Waals surface area contributed by atoms with E-state index in [9.17, 15) is 4.79 Å². The molecule has 3 rings (SSSR count). The maximum absolute atomic E-state index is 12.4. The van der Waals surface area contributed by atoms with Crippen LogP contribution in [-0.2, 0) is 0 Å². The summed E-state index contributed by atoms with van der Waals surface area (Å²) in [5.41, 5.74) is 2.52. The van der Waals surface area contributed by atoms with Crippen LogP contribution in [0.15, 0.2) is 30.3 Å². The number of H-pyrrole nitrogens is 1. The zero-order valence-electron chi connectivity index (χ0n) is 12.9. The molecule has 6 heteroatoms. The molecule has 1 fully saturated rings. The molecule has 0 radical (unpaired) electrons. The van der Waals surface area contributed by atoms with Gasteiger partial charge < -0.3 is 14.5 Å². The van der Waals surface area contributed by atoms with Crippen LogP contribution in [0.3, 0.4) is 0 Å². The number of hydrogen-bond acceptors (Lipinski definition) is 4. The van der Waals surface area contributed by atoms with Gasteiger partial charge in [0.05, 0.1) is 7.11 Å². The Hall–Kier alpha value is -2.50. The molecule has 116 valence electrons. The van der Waals surface area contributed by atoms with E-state index in [-0.39, 0.29) is 5.91 Å². The fraction of sp³-hybridized carbons (Fsp3) is 0.375. The van der Waals surface area contributed by atoms with Gasteiger partial charge in [-0.25, -0.2) is 0 Å². The van der Waals surface area contributed by atoms with Crippen LogP contribution in [-0.4, -0.2) is 54.3 Å². The first-order chi connectivity index (χ1) is 10.7. The monoisotopic (exact) mass is 300 g/mol. The van der Waals surface area contributed by atoms with Crippen molar-refractivity contribution in [2.45, 2.75) is 6.92 Å². The van der Waals surface area contributed by atoms with Crippen LogP contribution in [0, 0.1) is 6.92 Å². The summed E-state index contributed by atoms with van der Waals surface area (Å²) in [4.78, 5) is 16.5. The average Bonchev–Trinajstić information content (AvgIpc) is 3.01. The van der Waals surface area contributed by atoms with E-state index in [4.69, 9.17) is 4.74 Å². The lowest BCUT2D eigenvalue weighted by atomic mass is 10.2. The summed E-state index contributed by atoms with van der Waals surface area (Å²) in [7, 11) is 1.67. The number of aromatic nitrogens is 2. The van der Waals surface area contributed by atoms with Crippen LogP contribution in [0.25, 0.3) is 0 Å². The Balaban J connectivity index is 1.63. The third-order valence-corrected chi connectivity index (χ3v) is 3.91. The number of rotatable bonds is 3. The van der Waals surface area contributed by atoms with Gasteiger partial charge in [-0.3, -0.25) is 9.89 Å². The molecule has 2 heterocycles. The number of nitrogens with one attached hydrogen (secondary N) is 1. The summed E-state index contributed by atoms with van der Waals surface area (Å²) >= 11 is 0. The predicted octanol–water partition coefficient (Wildman–Crippen LogP) is 1.69. The van der Waals surface area contributed by atoms with Crippen molar-refractivity contribution in [2.75, 3.05) is 38.2 Å². The molecule has 1 aromatic carbocycles. The first-order valence-electron chi connectivity index (χ1n) is 7.37. The lowest BCUT2D eigenvalue weighted by molar-refractivity contribution is 0.0741. The number of methoxy groups -OCH3 is 1. The van der Waals surface area contributed by atoms with Crippen molar-refractivity contribution in [3.8, 4) is 5.75 Å². The number of aryl methyl sites for hydroxylation is 1. The second-order valence-corrected chi connectivity index (χ2v) is 5.42. The highest BCUT2D eigenvalue weighted by Gasteiger charge is 2.23. The Morgan fingerprint density at radius 2 is 2.00 bits per heavy atom. The number of aromatic amines is 1. The van der Waals surface area contributed by atoms with Gasteiger partial charge in [-0.15, -0.1) is 0 Å². The molecule has 0 aliphatic carbocycles. The molecule has 0 spiro atoms. The van der Waals surface area contributed by atoms with Crippen molar-refractivity contribution in [3.63, 3.8) is 0 Å². The number of anilines is 1. The van der Waals surface area contributed by atoms with Gasteiger partial charge >= 0.3 is 0 Å². The number of amides is 1. The third kappa shape index (κ3) is 2.90. The molecule has 0 unspecified atom stereocenters. The van der Waals surface area contributed by atoms with Gasteiger partial charge in [0.1, 0.15) is 11.4 Å². The highest BCUT2D eigenvalue weighted by molar-refractivity contribution is 5.92. The SMILES string of the molecule is COc1cccc(N2CCN(C(=O)c3cc(C)[nH]n3)CC2)c1. The fourth-order valence-electron chi connectivity index (χ4n) is 2.66. The highest BCUT2D eigenvalue weighted by atomic mass is 16.5. The van der Waals surface area contributed by atoms with E-state index in [1.807, 2.05) is 30.0 Å². The molecule has 1 N–H and O–H groups in total. The maximum Gasteiger partial charge on any atom is 0.274 e. The quantitative estimate of drug-likeness (QED) is 0.937. The molecule has 1 aromatic heterocycles. The lowest BCUT2D eigenvalue weighted by Gasteiger charge is -2.35. The van der Waals surface area contributed by atoms with Gasteiger partial charge in [0.2, 0.25) is 0 Å².